The van der Waals surface area contributed by atoms with Crippen LogP contribution < -0.4 is 0 Å². The summed E-state index contributed by atoms with van der Waals surface area (Å²) in [6, 6.07) is 10.4. The van der Waals surface area contributed by atoms with Crippen LogP contribution in [0.2, 0.25) is 15.1 Å². The van der Waals surface area contributed by atoms with E-state index < -0.39 is 11.9 Å². The molecule has 2 rings (SSSR count). The van der Waals surface area contributed by atoms with Gasteiger partial charge in [-0.3, -0.25) is 4.79 Å². The summed E-state index contributed by atoms with van der Waals surface area (Å²) >= 11 is 18.3. The van der Waals surface area contributed by atoms with E-state index in [2.05, 4.69) is 0 Å². The molecular weight excluding hydrogens is 331 g/mol. The summed E-state index contributed by atoms with van der Waals surface area (Å²) < 4.78 is 0. The van der Waals surface area contributed by atoms with Crippen molar-refractivity contribution in [3.63, 3.8) is 0 Å². The number of hydrogen-bond donors (Lipinski definition) is 1. The van der Waals surface area contributed by atoms with Crippen LogP contribution in [-0.4, -0.2) is 11.1 Å². The van der Waals surface area contributed by atoms with Crippen LogP contribution in [0.4, 0.5) is 0 Å². The second kappa shape index (κ2) is 6.69. The van der Waals surface area contributed by atoms with Gasteiger partial charge in [-0.25, -0.2) is 0 Å². The molecule has 0 spiro atoms. The zero-order valence-corrected chi connectivity index (χ0v) is 13.5. The molecule has 0 radical (unpaired) electrons. The van der Waals surface area contributed by atoms with Crippen LogP contribution in [0.25, 0.3) is 0 Å². The van der Waals surface area contributed by atoms with E-state index in [4.69, 9.17) is 34.8 Å². The molecule has 0 aliphatic carbocycles. The van der Waals surface area contributed by atoms with Gasteiger partial charge in [-0.2, -0.15) is 0 Å². The van der Waals surface area contributed by atoms with E-state index in [0.29, 0.717) is 26.2 Å². The van der Waals surface area contributed by atoms with Crippen molar-refractivity contribution < 1.29 is 9.90 Å². The Kier molecular flexibility index (Phi) is 5.15. The van der Waals surface area contributed by atoms with Gasteiger partial charge in [0.15, 0.2) is 0 Å². The predicted octanol–water partition coefficient (Wildman–Crippen LogP) is 5.37. The summed E-state index contributed by atoms with van der Waals surface area (Å²) in [6.07, 6.45) is 0.216. The summed E-state index contributed by atoms with van der Waals surface area (Å²) in [5.41, 5.74) is 2.17. The maximum absolute atomic E-state index is 11.6. The Labute approximate surface area is 138 Å². The van der Waals surface area contributed by atoms with E-state index >= 15 is 0 Å². The first-order chi connectivity index (χ1) is 9.90. The predicted molar refractivity (Wildman–Crippen MR) is 86.7 cm³/mol. The molecule has 0 amide bonds. The van der Waals surface area contributed by atoms with Crippen molar-refractivity contribution in [2.45, 2.75) is 19.3 Å². The molecule has 1 N–H and O–H groups in total. The van der Waals surface area contributed by atoms with E-state index in [-0.39, 0.29) is 6.42 Å². The molecule has 0 fully saturated rings. The second-order valence-electron chi connectivity index (χ2n) is 4.80. The van der Waals surface area contributed by atoms with Crippen molar-refractivity contribution in [3.8, 4) is 0 Å². The monoisotopic (exact) mass is 342 g/mol. The Balaban J connectivity index is 2.40. The lowest BCUT2D eigenvalue weighted by Crippen LogP contribution is -2.15. The molecule has 0 aliphatic rings. The Morgan fingerprint density at radius 3 is 2.24 bits per heavy atom. The zero-order chi connectivity index (χ0) is 15.6. The van der Waals surface area contributed by atoms with Gasteiger partial charge in [0.1, 0.15) is 0 Å². The van der Waals surface area contributed by atoms with Crippen LogP contribution in [0.15, 0.2) is 36.4 Å². The molecule has 1 atom stereocenters. The average Bonchev–Trinajstić information content (AvgIpc) is 2.41. The molecule has 0 saturated carbocycles. The number of carbonyl (C=O) groups is 1. The summed E-state index contributed by atoms with van der Waals surface area (Å²) in [5.74, 6) is -1.69. The molecule has 0 bridgehead atoms. The minimum atomic E-state index is -0.939. The van der Waals surface area contributed by atoms with Crippen LogP contribution in [-0.2, 0) is 11.2 Å². The van der Waals surface area contributed by atoms with Crippen molar-refractivity contribution in [2.75, 3.05) is 0 Å². The van der Waals surface area contributed by atoms with Crippen LogP contribution >= 0.6 is 34.8 Å². The number of benzene rings is 2. The molecule has 21 heavy (non-hydrogen) atoms. The van der Waals surface area contributed by atoms with Crippen molar-refractivity contribution in [1.82, 2.24) is 0 Å². The third-order valence-electron chi connectivity index (χ3n) is 3.37. The highest BCUT2D eigenvalue weighted by molar-refractivity contribution is 6.36. The molecule has 2 aromatic rings. The van der Waals surface area contributed by atoms with Crippen molar-refractivity contribution in [2.24, 2.45) is 0 Å². The van der Waals surface area contributed by atoms with Gasteiger partial charge in [-0.1, -0.05) is 53.0 Å². The standard InChI is InChI=1S/C16H13Cl3O2/c1-9-5-6-10(7-15(9)19)11(16(20)21)8-12-13(17)3-2-4-14(12)18/h2-7,11H,8H2,1H3,(H,20,21). The Bertz CT molecular complexity index is 663. The molecule has 0 saturated heterocycles. The molecule has 0 aromatic heterocycles. The molecule has 1 unspecified atom stereocenters. The molecule has 2 aromatic carbocycles. The van der Waals surface area contributed by atoms with Gasteiger partial charge in [0.05, 0.1) is 5.92 Å². The fourth-order valence-corrected chi connectivity index (χ4v) is 2.85. The summed E-state index contributed by atoms with van der Waals surface area (Å²) in [6.45, 7) is 1.87. The summed E-state index contributed by atoms with van der Waals surface area (Å²) in [7, 11) is 0. The maximum atomic E-state index is 11.6. The molecular formula is C16H13Cl3O2. The van der Waals surface area contributed by atoms with Crippen LogP contribution in [0, 0.1) is 6.92 Å². The van der Waals surface area contributed by atoms with Gasteiger partial charge in [-0.15, -0.1) is 0 Å². The third kappa shape index (κ3) is 3.70. The molecule has 0 aliphatic heterocycles. The third-order valence-corrected chi connectivity index (χ3v) is 4.48. The largest absolute Gasteiger partial charge is 0.481 e. The highest BCUT2D eigenvalue weighted by Crippen LogP contribution is 2.32. The number of carboxylic acids is 1. The first-order valence-electron chi connectivity index (χ1n) is 6.32. The smallest absolute Gasteiger partial charge is 0.311 e. The van der Waals surface area contributed by atoms with E-state index in [1.165, 1.54) is 0 Å². The molecule has 110 valence electrons. The Morgan fingerprint density at radius 2 is 1.71 bits per heavy atom. The van der Waals surface area contributed by atoms with Crippen LogP contribution in [0.5, 0.6) is 0 Å². The fraction of sp³-hybridized carbons (Fsp3) is 0.188. The summed E-state index contributed by atoms with van der Waals surface area (Å²) in [4.78, 5) is 11.6. The normalized spacial score (nSPS) is 12.2. The molecule has 2 nitrogen and oxygen atoms in total. The van der Waals surface area contributed by atoms with Crippen molar-refractivity contribution >= 4 is 40.8 Å². The Morgan fingerprint density at radius 1 is 1.10 bits per heavy atom. The van der Waals surface area contributed by atoms with Crippen molar-refractivity contribution in [1.29, 1.82) is 0 Å². The lowest BCUT2D eigenvalue weighted by molar-refractivity contribution is -0.138. The van der Waals surface area contributed by atoms with Gasteiger partial charge in [0.25, 0.3) is 0 Å². The lowest BCUT2D eigenvalue weighted by Gasteiger charge is -2.16. The van der Waals surface area contributed by atoms with Gasteiger partial charge in [0, 0.05) is 15.1 Å². The minimum Gasteiger partial charge on any atom is -0.481 e. The quantitative estimate of drug-likeness (QED) is 0.810. The average molecular weight is 344 g/mol. The highest BCUT2D eigenvalue weighted by Gasteiger charge is 2.23. The number of aliphatic carboxylic acids is 1. The minimum absolute atomic E-state index is 0.216. The zero-order valence-electron chi connectivity index (χ0n) is 11.2. The SMILES string of the molecule is Cc1ccc(C(Cc2c(Cl)cccc2Cl)C(=O)O)cc1Cl. The first-order valence-corrected chi connectivity index (χ1v) is 7.45. The molecule has 5 heteroatoms. The molecule has 0 heterocycles. The highest BCUT2D eigenvalue weighted by atomic mass is 35.5. The van der Waals surface area contributed by atoms with Crippen LogP contribution in [0.3, 0.4) is 0 Å². The number of carboxylic acid groups (broad SMARTS) is 1. The van der Waals surface area contributed by atoms with Gasteiger partial charge in [-0.05, 0) is 48.2 Å². The van der Waals surface area contributed by atoms with E-state index in [1.807, 2.05) is 13.0 Å². The van der Waals surface area contributed by atoms with E-state index in [0.717, 1.165) is 5.56 Å². The van der Waals surface area contributed by atoms with E-state index in [9.17, 15) is 9.90 Å². The van der Waals surface area contributed by atoms with E-state index in [1.54, 1.807) is 30.3 Å². The fourth-order valence-electron chi connectivity index (χ4n) is 2.11. The van der Waals surface area contributed by atoms with Gasteiger partial charge < -0.3 is 5.11 Å². The number of aryl methyl sites for hydroxylation is 1. The number of rotatable bonds is 4. The second-order valence-corrected chi connectivity index (χ2v) is 6.03. The maximum Gasteiger partial charge on any atom is 0.311 e. The topological polar surface area (TPSA) is 37.3 Å². The van der Waals surface area contributed by atoms with Gasteiger partial charge in [0.2, 0.25) is 0 Å². The summed E-state index contributed by atoms with van der Waals surface area (Å²) in [5, 5.41) is 11.0. The van der Waals surface area contributed by atoms with Crippen LogP contribution in [0.1, 0.15) is 22.6 Å². The van der Waals surface area contributed by atoms with Gasteiger partial charge >= 0.3 is 5.97 Å². The number of hydrogen-bond acceptors (Lipinski definition) is 1. The lowest BCUT2D eigenvalue weighted by atomic mass is 9.91. The van der Waals surface area contributed by atoms with Crippen molar-refractivity contribution in [3.05, 3.63) is 68.2 Å². The Hall–Kier alpha value is -1.22. The first kappa shape index (κ1) is 16.2. The number of halogens is 3.